The van der Waals surface area contributed by atoms with E-state index >= 15 is 0 Å². The van der Waals surface area contributed by atoms with Gasteiger partial charge in [0.25, 0.3) is 0 Å². The molecule has 0 aliphatic carbocycles. The van der Waals surface area contributed by atoms with Crippen molar-refractivity contribution >= 4 is 11.6 Å². The minimum atomic E-state index is 0.493. The van der Waals surface area contributed by atoms with Crippen LogP contribution in [0.1, 0.15) is 31.7 Å². The molecule has 0 saturated carbocycles. The molecule has 4 heteroatoms. The molecule has 1 aromatic heterocycles. The van der Waals surface area contributed by atoms with Crippen molar-refractivity contribution in [3.63, 3.8) is 0 Å². The number of rotatable bonds is 4. The molecule has 3 nitrogen and oxygen atoms in total. The summed E-state index contributed by atoms with van der Waals surface area (Å²) < 4.78 is 0. The number of likely N-dealkylation sites (tertiary alicyclic amines) is 1. The van der Waals surface area contributed by atoms with Gasteiger partial charge < -0.3 is 5.73 Å². The van der Waals surface area contributed by atoms with Crippen LogP contribution in [0.2, 0.25) is 5.02 Å². The van der Waals surface area contributed by atoms with Gasteiger partial charge in [-0.3, -0.25) is 9.88 Å². The van der Waals surface area contributed by atoms with E-state index in [4.69, 9.17) is 17.3 Å². The maximum Gasteiger partial charge on any atom is 0.0634 e. The van der Waals surface area contributed by atoms with Crippen LogP contribution in [0.5, 0.6) is 0 Å². The van der Waals surface area contributed by atoms with E-state index in [1.165, 1.54) is 19.3 Å². The fraction of sp³-hybridized carbons (Fsp3) is 0.643. The highest BCUT2D eigenvalue weighted by molar-refractivity contribution is 6.31. The Morgan fingerprint density at radius 1 is 1.56 bits per heavy atom. The van der Waals surface area contributed by atoms with E-state index in [0.29, 0.717) is 6.04 Å². The lowest BCUT2D eigenvalue weighted by atomic mass is 9.88. The van der Waals surface area contributed by atoms with Gasteiger partial charge in [-0.05, 0) is 36.9 Å². The van der Waals surface area contributed by atoms with Crippen molar-refractivity contribution in [2.45, 2.75) is 38.8 Å². The third kappa shape index (κ3) is 3.22. The number of hydrogen-bond donors (Lipinski definition) is 1. The zero-order valence-electron chi connectivity index (χ0n) is 11.0. The predicted octanol–water partition coefficient (Wildman–Crippen LogP) is 2.68. The van der Waals surface area contributed by atoms with Gasteiger partial charge in [0.2, 0.25) is 0 Å². The van der Waals surface area contributed by atoms with E-state index in [9.17, 15) is 0 Å². The lowest BCUT2D eigenvalue weighted by Gasteiger charge is -2.39. The maximum atomic E-state index is 6.17. The number of nitrogens with zero attached hydrogens (tertiary/aromatic N) is 2. The Kier molecular flexibility index (Phi) is 4.98. The number of aromatic nitrogens is 1. The van der Waals surface area contributed by atoms with Gasteiger partial charge in [-0.15, -0.1) is 0 Å². The summed E-state index contributed by atoms with van der Waals surface area (Å²) in [7, 11) is 0. The maximum absolute atomic E-state index is 6.17. The number of halogens is 1. The first-order valence-electron chi connectivity index (χ1n) is 6.77. The Morgan fingerprint density at radius 2 is 2.39 bits per heavy atom. The van der Waals surface area contributed by atoms with E-state index in [-0.39, 0.29) is 0 Å². The Bertz CT molecular complexity index is 383. The number of piperidine rings is 1. The zero-order valence-corrected chi connectivity index (χ0v) is 11.7. The molecule has 1 saturated heterocycles. The Labute approximate surface area is 114 Å². The summed E-state index contributed by atoms with van der Waals surface area (Å²) in [6.45, 7) is 5.02. The summed E-state index contributed by atoms with van der Waals surface area (Å²) in [6, 6.07) is 2.50. The van der Waals surface area contributed by atoms with Gasteiger partial charge in [0.05, 0.1) is 5.02 Å². The molecule has 0 amide bonds. The molecule has 0 spiro atoms. The van der Waals surface area contributed by atoms with Gasteiger partial charge in [0, 0.05) is 31.5 Å². The monoisotopic (exact) mass is 267 g/mol. The third-order valence-electron chi connectivity index (χ3n) is 4.03. The highest BCUT2D eigenvalue weighted by Crippen LogP contribution is 2.27. The molecule has 0 bridgehead atoms. The van der Waals surface area contributed by atoms with Crippen molar-refractivity contribution in [3.05, 3.63) is 29.0 Å². The fourth-order valence-corrected chi connectivity index (χ4v) is 2.94. The lowest BCUT2D eigenvalue weighted by molar-refractivity contribution is 0.107. The molecule has 2 N–H and O–H groups in total. The Balaban J connectivity index is 2.02. The van der Waals surface area contributed by atoms with Crippen molar-refractivity contribution in [3.8, 4) is 0 Å². The van der Waals surface area contributed by atoms with Crippen molar-refractivity contribution < 1.29 is 0 Å². The van der Waals surface area contributed by atoms with Gasteiger partial charge in [-0.2, -0.15) is 0 Å². The lowest BCUT2D eigenvalue weighted by Crippen LogP contribution is -2.46. The normalized spacial score (nSPS) is 25.3. The average molecular weight is 268 g/mol. The summed E-state index contributed by atoms with van der Waals surface area (Å²) in [5.74, 6) is 0.836. The second-order valence-corrected chi connectivity index (χ2v) is 5.53. The first kappa shape index (κ1) is 13.8. The Hall–Kier alpha value is -0.640. The van der Waals surface area contributed by atoms with Gasteiger partial charge in [0.1, 0.15) is 0 Å². The van der Waals surface area contributed by atoms with Gasteiger partial charge in [-0.1, -0.05) is 24.9 Å². The summed E-state index contributed by atoms with van der Waals surface area (Å²) in [5, 5.41) is 0.755. The second kappa shape index (κ2) is 6.50. The van der Waals surface area contributed by atoms with E-state index < -0.39 is 0 Å². The largest absolute Gasteiger partial charge is 0.329 e. The highest BCUT2D eigenvalue weighted by Gasteiger charge is 2.26. The van der Waals surface area contributed by atoms with Crippen LogP contribution in [0.4, 0.5) is 0 Å². The molecule has 100 valence electrons. The zero-order chi connectivity index (χ0) is 13.0. The van der Waals surface area contributed by atoms with Crippen LogP contribution in [0.15, 0.2) is 18.5 Å². The van der Waals surface area contributed by atoms with E-state index in [1.807, 2.05) is 6.07 Å². The minimum absolute atomic E-state index is 0.493. The minimum Gasteiger partial charge on any atom is -0.329 e. The molecule has 2 atom stereocenters. The summed E-state index contributed by atoms with van der Waals surface area (Å²) in [5.41, 5.74) is 7.07. The van der Waals surface area contributed by atoms with Crippen LogP contribution in [-0.4, -0.2) is 29.0 Å². The molecule has 2 heterocycles. The quantitative estimate of drug-likeness (QED) is 0.912. The first-order chi connectivity index (χ1) is 8.74. The average Bonchev–Trinajstić information content (AvgIpc) is 2.41. The molecule has 2 unspecified atom stereocenters. The summed E-state index contributed by atoms with van der Waals surface area (Å²) >= 11 is 6.17. The SMILES string of the molecule is CCC1CCN(Cc2ccncc2Cl)C(CN)C1. The molecule has 18 heavy (non-hydrogen) atoms. The topological polar surface area (TPSA) is 42.2 Å². The van der Waals surface area contributed by atoms with E-state index in [0.717, 1.165) is 36.1 Å². The van der Waals surface area contributed by atoms with E-state index in [2.05, 4.69) is 16.8 Å². The van der Waals surface area contributed by atoms with Gasteiger partial charge in [0.15, 0.2) is 0 Å². The van der Waals surface area contributed by atoms with Crippen molar-refractivity contribution in [2.24, 2.45) is 11.7 Å². The van der Waals surface area contributed by atoms with Crippen LogP contribution >= 0.6 is 11.6 Å². The van der Waals surface area contributed by atoms with Crippen molar-refractivity contribution in [2.75, 3.05) is 13.1 Å². The fourth-order valence-electron chi connectivity index (χ4n) is 2.76. The van der Waals surface area contributed by atoms with Crippen LogP contribution in [0.3, 0.4) is 0 Å². The number of nitrogens with two attached hydrogens (primary N) is 1. The molecule has 1 aliphatic heterocycles. The standard InChI is InChI=1S/C14H22ClN3/c1-2-11-4-6-18(13(7-11)8-16)10-12-3-5-17-9-14(12)15/h3,5,9,11,13H,2,4,6-8,10,16H2,1H3. The van der Waals surface area contributed by atoms with Crippen molar-refractivity contribution in [1.82, 2.24) is 9.88 Å². The number of pyridine rings is 1. The molecular weight excluding hydrogens is 246 g/mol. The molecule has 0 radical (unpaired) electrons. The smallest absolute Gasteiger partial charge is 0.0634 e. The summed E-state index contributed by atoms with van der Waals surface area (Å²) in [6.07, 6.45) is 7.27. The van der Waals surface area contributed by atoms with Gasteiger partial charge >= 0.3 is 0 Å². The number of hydrogen-bond acceptors (Lipinski definition) is 3. The first-order valence-corrected chi connectivity index (χ1v) is 7.14. The third-order valence-corrected chi connectivity index (χ3v) is 4.37. The second-order valence-electron chi connectivity index (χ2n) is 5.13. The summed E-state index contributed by atoms with van der Waals surface area (Å²) in [4.78, 5) is 6.49. The highest BCUT2D eigenvalue weighted by atomic mass is 35.5. The van der Waals surface area contributed by atoms with Gasteiger partial charge in [-0.25, -0.2) is 0 Å². The van der Waals surface area contributed by atoms with Crippen LogP contribution < -0.4 is 5.73 Å². The van der Waals surface area contributed by atoms with Crippen molar-refractivity contribution in [1.29, 1.82) is 0 Å². The molecule has 0 aromatic carbocycles. The Morgan fingerprint density at radius 3 is 3.06 bits per heavy atom. The molecule has 2 rings (SSSR count). The molecular formula is C14H22ClN3. The van der Waals surface area contributed by atoms with Crippen LogP contribution in [-0.2, 0) is 6.54 Å². The predicted molar refractivity (Wildman–Crippen MR) is 75.5 cm³/mol. The van der Waals surface area contributed by atoms with Crippen LogP contribution in [0, 0.1) is 5.92 Å². The molecule has 1 aliphatic rings. The van der Waals surface area contributed by atoms with E-state index in [1.54, 1.807) is 12.4 Å². The van der Waals surface area contributed by atoms with Crippen LogP contribution in [0.25, 0.3) is 0 Å². The molecule has 1 fully saturated rings. The molecule has 1 aromatic rings.